The smallest absolute Gasteiger partial charge is 0.338 e. The molecule has 1 aromatic carbocycles. The van der Waals surface area contributed by atoms with Crippen LogP contribution in [0.2, 0.25) is 0 Å². The molecular formula is C13H14N2O2S. The van der Waals surface area contributed by atoms with Crippen LogP contribution in [0.25, 0.3) is 0 Å². The van der Waals surface area contributed by atoms with Gasteiger partial charge in [-0.05, 0) is 11.6 Å². The van der Waals surface area contributed by atoms with Crippen molar-refractivity contribution in [2.45, 2.75) is 10.9 Å². The minimum atomic E-state index is -0.300. The van der Waals surface area contributed by atoms with Gasteiger partial charge < -0.3 is 9.30 Å². The average Bonchev–Trinajstić information content (AvgIpc) is 2.81. The van der Waals surface area contributed by atoms with Gasteiger partial charge in [-0.15, -0.1) is 0 Å². The summed E-state index contributed by atoms with van der Waals surface area (Å²) in [5.74, 6) is 0.391. The fraction of sp³-hybridized carbons (Fsp3) is 0.231. The molecule has 0 spiro atoms. The van der Waals surface area contributed by atoms with Crippen LogP contribution >= 0.6 is 11.8 Å². The molecule has 1 aromatic heterocycles. The molecule has 0 amide bonds. The molecule has 0 saturated heterocycles. The monoisotopic (exact) mass is 262 g/mol. The molecule has 0 saturated carbocycles. The van der Waals surface area contributed by atoms with Gasteiger partial charge in [0.15, 0.2) is 5.16 Å². The van der Waals surface area contributed by atoms with Gasteiger partial charge in [-0.3, -0.25) is 0 Å². The average molecular weight is 262 g/mol. The molecule has 18 heavy (non-hydrogen) atoms. The number of aryl methyl sites for hydroxylation is 1. The highest BCUT2D eigenvalue weighted by Gasteiger charge is 2.11. The van der Waals surface area contributed by atoms with Crippen LogP contribution in [0.5, 0.6) is 0 Å². The molecule has 4 nitrogen and oxygen atoms in total. The van der Waals surface area contributed by atoms with E-state index in [-0.39, 0.29) is 5.97 Å². The Morgan fingerprint density at radius 3 is 2.89 bits per heavy atom. The minimum absolute atomic E-state index is 0.300. The highest BCUT2D eigenvalue weighted by molar-refractivity contribution is 7.98. The number of ether oxygens (including phenoxy) is 1. The van der Waals surface area contributed by atoms with E-state index in [9.17, 15) is 4.79 Å². The number of esters is 1. The van der Waals surface area contributed by atoms with E-state index in [4.69, 9.17) is 4.74 Å². The number of nitrogens with zero attached hydrogens (tertiary/aromatic N) is 2. The van der Waals surface area contributed by atoms with Gasteiger partial charge in [-0.2, -0.15) is 0 Å². The number of carbonyl (C=O) groups excluding carboxylic acids is 1. The molecule has 1 heterocycles. The summed E-state index contributed by atoms with van der Waals surface area (Å²) in [6.45, 7) is 0. The summed E-state index contributed by atoms with van der Waals surface area (Å²) in [7, 11) is 3.34. The van der Waals surface area contributed by atoms with Gasteiger partial charge in [0.05, 0.1) is 12.7 Å². The molecule has 0 N–H and O–H groups in total. The molecule has 0 aliphatic carbocycles. The number of benzene rings is 1. The highest BCUT2D eigenvalue weighted by atomic mass is 32.2. The molecule has 0 radical (unpaired) electrons. The number of carbonyl (C=O) groups is 1. The zero-order chi connectivity index (χ0) is 13.0. The van der Waals surface area contributed by atoms with Crippen molar-refractivity contribution in [2.75, 3.05) is 7.11 Å². The third-order valence-corrected chi connectivity index (χ3v) is 3.66. The van der Waals surface area contributed by atoms with E-state index in [0.29, 0.717) is 11.3 Å². The second-order valence-corrected chi connectivity index (χ2v) is 4.70. The maximum Gasteiger partial charge on any atom is 0.338 e. The van der Waals surface area contributed by atoms with Crippen LogP contribution in [-0.2, 0) is 17.5 Å². The quantitative estimate of drug-likeness (QED) is 0.627. The highest BCUT2D eigenvalue weighted by Crippen LogP contribution is 2.22. The first-order valence-electron chi connectivity index (χ1n) is 5.48. The number of methoxy groups -OCH3 is 1. The van der Waals surface area contributed by atoms with E-state index < -0.39 is 0 Å². The number of rotatable bonds is 4. The topological polar surface area (TPSA) is 44.1 Å². The van der Waals surface area contributed by atoms with Gasteiger partial charge in [-0.1, -0.05) is 30.0 Å². The predicted molar refractivity (Wildman–Crippen MR) is 70.6 cm³/mol. The van der Waals surface area contributed by atoms with E-state index in [1.807, 2.05) is 36.0 Å². The van der Waals surface area contributed by atoms with Crippen LogP contribution in [0.1, 0.15) is 15.9 Å². The maximum absolute atomic E-state index is 11.6. The Morgan fingerprint density at radius 2 is 2.22 bits per heavy atom. The predicted octanol–water partition coefficient (Wildman–Crippen LogP) is 2.50. The van der Waals surface area contributed by atoms with E-state index in [1.54, 1.807) is 24.0 Å². The summed E-state index contributed by atoms with van der Waals surface area (Å²) in [4.78, 5) is 15.8. The second-order valence-electron chi connectivity index (χ2n) is 3.76. The molecular weight excluding hydrogens is 248 g/mol. The van der Waals surface area contributed by atoms with Crippen LogP contribution in [0.3, 0.4) is 0 Å². The van der Waals surface area contributed by atoms with E-state index in [2.05, 4.69) is 4.98 Å². The van der Waals surface area contributed by atoms with Crippen LogP contribution in [0, 0.1) is 0 Å². The van der Waals surface area contributed by atoms with Crippen LogP contribution in [-0.4, -0.2) is 22.6 Å². The summed E-state index contributed by atoms with van der Waals surface area (Å²) in [6, 6.07) is 7.46. The van der Waals surface area contributed by atoms with Gasteiger partial charge in [0, 0.05) is 25.2 Å². The van der Waals surface area contributed by atoms with Crippen molar-refractivity contribution in [3.05, 3.63) is 47.8 Å². The number of thioether (sulfide) groups is 1. The Kier molecular flexibility index (Phi) is 4.04. The second kappa shape index (κ2) is 5.73. The lowest BCUT2D eigenvalue weighted by Gasteiger charge is -2.07. The SMILES string of the molecule is COC(=O)c1ccccc1CSc1nccn1C. The van der Waals surface area contributed by atoms with Crippen molar-refractivity contribution in [2.24, 2.45) is 7.05 Å². The maximum atomic E-state index is 11.6. The summed E-state index contributed by atoms with van der Waals surface area (Å²) < 4.78 is 6.72. The Balaban J connectivity index is 2.14. The van der Waals surface area contributed by atoms with Crippen LogP contribution in [0.15, 0.2) is 41.8 Å². The number of imidazole rings is 1. The number of hydrogen-bond acceptors (Lipinski definition) is 4. The van der Waals surface area contributed by atoms with Gasteiger partial charge in [0.1, 0.15) is 0 Å². The van der Waals surface area contributed by atoms with Gasteiger partial charge in [-0.25, -0.2) is 9.78 Å². The molecule has 0 aliphatic heterocycles. The van der Waals surface area contributed by atoms with Crippen LogP contribution < -0.4 is 0 Å². The first-order valence-corrected chi connectivity index (χ1v) is 6.47. The Labute approximate surface area is 110 Å². The third-order valence-electron chi connectivity index (χ3n) is 2.56. The molecule has 0 atom stereocenters. The van der Waals surface area contributed by atoms with Crippen LogP contribution in [0.4, 0.5) is 0 Å². The standard InChI is InChI=1S/C13H14N2O2S/c1-15-8-7-14-13(15)18-9-10-5-3-4-6-11(10)12(16)17-2/h3-8H,9H2,1-2H3. The molecule has 0 bridgehead atoms. The number of aromatic nitrogens is 2. The first-order chi connectivity index (χ1) is 8.72. The third kappa shape index (κ3) is 2.73. The number of hydrogen-bond donors (Lipinski definition) is 0. The Hall–Kier alpha value is -1.75. The van der Waals surface area contributed by atoms with E-state index in [1.165, 1.54) is 7.11 Å². The van der Waals surface area contributed by atoms with Crippen molar-refractivity contribution < 1.29 is 9.53 Å². The van der Waals surface area contributed by atoms with Crippen molar-refractivity contribution >= 4 is 17.7 Å². The minimum Gasteiger partial charge on any atom is -0.465 e. The Bertz CT molecular complexity index is 551. The fourth-order valence-electron chi connectivity index (χ4n) is 1.59. The molecule has 0 fully saturated rings. The molecule has 0 unspecified atom stereocenters. The van der Waals surface area contributed by atoms with Gasteiger partial charge in [0.25, 0.3) is 0 Å². The van der Waals surface area contributed by atoms with Crippen molar-refractivity contribution in [1.29, 1.82) is 0 Å². The lowest BCUT2D eigenvalue weighted by Crippen LogP contribution is -2.05. The normalized spacial score (nSPS) is 10.3. The first kappa shape index (κ1) is 12.7. The molecule has 94 valence electrons. The molecule has 5 heteroatoms. The van der Waals surface area contributed by atoms with Crippen molar-refractivity contribution in [3.8, 4) is 0 Å². The van der Waals surface area contributed by atoms with E-state index >= 15 is 0 Å². The zero-order valence-corrected chi connectivity index (χ0v) is 11.1. The Morgan fingerprint density at radius 1 is 1.44 bits per heavy atom. The lowest BCUT2D eigenvalue weighted by atomic mass is 10.1. The summed E-state index contributed by atoms with van der Waals surface area (Å²) in [5, 5.41) is 0.926. The zero-order valence-electron chi connectivity index (χ0n) is 10.3. The summed E-state index contributed by atoms with van der Waals surface area (Å²) >= 11 is 1.59. The summed E-state index contributed by atoms with van der Waals surface area (Å²) in [6.07, 6.45) is 3.66. The summed E-state index contributed by atoms with van der Waals surface area (Å²) in [5.41, 5.74) is 1.57. The fourth-order valence-corrected chi connectivity index (χ4v) is 2.52. The van der Waals surface area contributed by atoms with Crippen molar-refractivity contribution in [1.82, 2.24) is 9.55 Å². The molecule has 2 aromatic rings. The van der Waals surface area contributed by atoms with Gasteiger partial charge in [0.2, 0.25) is 0 Å². The van der Waals surface area contributed by atoms with Crippen molar-refractivity contribution in [3.63, 3.8) is 0 Å². The van der Waals surface area contributed by atoms with Gasteiger partial charge >= 0.3 is 5.97 Å². The lowest BCUT2D eigenvalue weighted by molar-refractivity contribution is 0.0600. The largest absolute Gasteiger partial charge is 0.465 e. The molecule has 2 rings (SSSR count). The molecule has 0 aliphatic rings. The van der Waals surface area contributed by atoms with E-state index in [0.717, 1.165) is 10.7 Å².